The molecule has 2 nitrogen and oxygen atoms in total. The van der Waals surface area contributed by atoms with Gasteiger partial charge in [0.05, 0.1) is 0 Å². The zero-order valence-electron chi connectivity index (χ0n) is 6.62. The van der Waals surface area contributed by atoms with Crippen molar-refractivity contribution in [3.05, 3.63) is 21.9 Å². The SMILES string of the molecule is N#Cc1ccc(CCCC=O)s1. The molecule has 1 aromatic rings. The lowest BCUT2D eigenvalue weighted by Gasteiger charge is -1.90. The summed E-state index contributed by atoms with van der Waals surface area (Å²) >= 11 is 1.51. The minimum Gasteiger partial charge on any atom is -0.303 e. The summed E-state index contributed by atoms with van der Waals surface area (Å²) in [6.07, 6.45) is 3.33. The number of carbonyl (C=O) groups excluding carboxylic acids is 1. The molecule has 0 aliphatic rings. The Hall–Kier alpha value is -1.14. The van der Waals surface area contributed by atoms with Crippen LogP contribution in [-0.2, 0) is 11.2 Å². The van der Waals surface area contributed by atoms with Crippen molar-refractivity contribution in [1.82, 2.24) is 0 Å². The molecule has 12 heavy (non-hydrogen) atoms. The third-order valence-electron chi connectivity index (χ3n) is 1.52. The number of hydrogen-bond donors (Lipinski definition) is 0. The Bertz CT molecular complexity index is 298. The highest BCUT2D eigenvalue weighted by molar-refractivity contribution is 7.12. The van der Waals surface area contributed by atoms with E-state index in [0.29, 0.717) is 6.42 Å². The van der Waals surface area contributed by atoms with Crippen LogP contribution < -0.4 is 0 Å². The monoisotopic (exact) mass is 179 g/mol. The standard InChI is InChI=1S/C9H9NOS/c10-7-9-5-4-8(12-9)3-1-2-6-11/h4-6H,1-3H2. The maximum atomic E-state index is 10.0. The highest BCUT2D eigenvalue weighted by Gasteiger charge is 1.97. The summed E-state index contributed by atoms with van der Waals surface area (Å²) in [4.78, 5) is 11.9. The molecule has 0 spiro atoms. The molecule has 0 fully saturated rings. The van der Waals surface area contributed by atoms with Gasteiger partial charge in [0.25, 0.3) is 0 Å². The third kappa shape index (κ3) is 2.48. The molecule has 1 heterocycles. The molecule has 0 saturated carbocycles. The Morgan fingerprint density at radius 2 is 2.42 bits per heavy atom. The number of thiophene rings is 1. The largest absolute Gasteiger partial charge is 0.303 e. The van der Waals surface area contributed by atoms with Crippen molar-refractivity contribution in [1.29, 1.82) is 5.26 Å². The van der Waals surface area contributed by atoms with Crippen molar-refractivity contribution in [2.24, 2.45) is 0 Å². The summed E-state index contributed by atoms with van der Waals surface area (Å²) in [5.74, 6) is 0. The number of unbranched alkanes of at least 4 members (excludes halogenated alkanes) is 1. The highest BCUT2D eigenvalue weighted by Crippen LogP contribution is 2.17. The molecule has 0 aromatic carbocycles. The molecule has 0 saturated heterocycles. The fourth-order valence-corrected chi connectivity index (χ4v) is 1.78. The molecule has 0 N–H and O–H groups in total. The van der Waals surface area contributed by atoms with Gasteiger partial charge in [-0.3, -0.25) is 0 Å². The van der Waals surface area contributed by atoms with E-state index in [-0.39, 0.29) is 0 Å². The van der Waals surface area contributed by atoms with Gasteiger partial charge in [-0.25, -0.2) is 0 Å². The maximum Gasteiger partial charge on any atom is 0.120 e. The topological polar surface area (TPSA) is 40.9 Å². The second-order valence-corrected chi connectivity index (χ2v) is 3.60. The minimum absolute atomic E-state index is 0.611. The van der Waals surface area contributed by atoms with Gasteiger partial charge >= 0.3 is 0 Å². The first-order chi connectivity index (χ1) is 5.86. The van der Waals surface area contributed by atoms with E-state index in [1.54, 1.807) is 0 Å². The maximum absolute atomic E-state index is 10.0. The molecule has 0 radical (unpaired) electrons. The molecule has 0 atom stereocenters. The number of carbonyl (C=O) groups is 1. The molecule has 62 valence electrons. The van der Waals surface area contributed by atoms with Crippen LogP contribution in [0.3, 0.4) is 0 Å². The average Bonchev–Trinajstić information content (AvgIpc) is 2.53. The van der Waals surface area contributed by atoms with Gasteiger partial charge in [0.1, 0.15) is 17.2 Å². The summed E-state index contributed by atoms with van der Waals surface area (Å²) in [7, 11) is 0. The number of nitrogens with zero attached hydrogens (tertiary/aromatic N) is 1. The lowest BCUT2D eigenvalue weighted by molar-refractivity contribution is -0.107. The Balaban J connectivity index is 2.43. The average molecular weight is 179 g/mol. The number of hydrogen-bond acceptors (Lipinski definition) is 3. The van der Waals surface area contributed by atoms with E-state index in [1.807, 2.05) is 12.1 Å². The quantitative estimate of drug-likeness (QED) is 0.525. The van der Waals surface area contributed by atoms with Crippen molar-refractivity contribution in [2.45, 2.75) is 19.3 Å². The number of nitriles is 1. The van der Waals surface area contributed by atoms with Crippen LogP contribution in [0.4, 0.5) is 0 Å². The second-order valence-electron chi connectivity index (χ2n) is 2.44. The minimum atomic E-state index is 0.611. The Morgan fingerprint density at radius 3 is 3.00 bits per heavy atom. The smallest absolute Gasteiger partial charge is 0.120 e. The Kier molecular flexibility index (Phi) is 3.49. The van der Waals surface area contributed by atoms with E-state index < -0.39 is 0 Å². The molecule has 0 amide bonds. The van der Waals surface area contributed by atoms with E-state index in [1.165, 1.54) is 16.2 Å². The van der Waals surface area contributed by atoms with E-state index in [2.05, 4.69) is 6.07 Å². The second kappa shape index (κ2) is 4.68. The van der Waals surface area contributed by atoms with Crippen LogP contribution >= 0.6 is 11.3 Å². The van der Waals surface area contributed by atoms with Gasteiger partial charge in [-0.05, 0) is 25.0 Å². The van der Waals surface area contributed by atoms with Crippen LogP contribution in [0, 0.1) is 11.3 Å². The summed E-state index contributed by atoms with van der Waals surface area (Å²) in [5, 5.41) is 8.53. The lowest BCUT2D eigenvalue weighted by Crippen LogP contribution is -1.80. The van der Waals surface area contributed by atoms with E-state index >= 15 is 0 Å². The Labute approximate surface area is 75.5 Å². The first-order valence-corrected chi connectivity index (χ1v) is 4.61. The van der Waals surface area contributed by atoms with Gasteiger partial charge in [0.2, 0.25) is 0 Å². The molecule has 3 heteroatoms. The third-order valence-corrected chi connectivity index (χ3v) is 2.57. The van der Waals surface area contributed by atoms with Crippen LogP contribution in [0.5, 0.6) is 0 Å². The van der Waals surface area contributed by atoms with Crippen molar-refractivity contribution in [2.75, 3.05) is 0 Å². The van der Waals surface area contributed by atoms with Crippen molar-refractivity contribution >= 4 is 17.6 Å². The fourth-order valence-electron chi connectivity index (χ4n) is 0.932. The first kappa shape index (κ1) is 8.95. The van der Waals surface area contributed by atoms with Gasteiger partial charge in [0, 0.05) is 11.3 Å². The lowest BCUT2D eigenvalue weighted by atomic mass is 10.2. The molecule has 0 unspecified atom stereocenters. The normalized spacial score (nSPS) is 9.25. The van der Waals surface area contributed by atoms with Crippen LogP contribution in [0.2, 0.25) is 0 Å². The highest BCUT2D eigenvalue weighted by atomic mass is 32.1. The zero-order valence-corrected chi connectivity index (χ0v) is 7.43. The number of aldehydes is 1. The molecule has 1 rings (SSSR count). The Morgan fingerprint density at radius 1 is 1.58 bits per heavy atom. The molecule has 1 aromatic heterocycles. The van der Waals surface area contributed by atoms with Crippen molar-refractivity contribution in [3.63, 3.8) is 0 Å². The summed E-state index contributed by atoms with van der Waals surface area (Å²) in [6, 6.07) is 5.86. The molecular weight excluding hydrogens is 170 g/mol. The van der Waals surface area contributed by atoms with Crippen molar-refractivity contribution < 1.29 is 4.79 Å². The predicted octanol–water partition coefficient (Wildman–Crippen LogP) is 2.14. The number of rotatable bonds is 4. The van der Waals surface area contributed by atoms with E-state index in [4.69, 9.17) is 5.26 Å². The van der Waals surface area contributed by atoms with Crippen LogP contribution in [-0.4, -0.2) is 6.29 Å². The summed E-state index contributed by atoms with van der Waals surface area (Å²) < 4.78 is 0. The van der Waals surface area contributed by atoms with Crippen molar-refractivity contribution in [3.8, 4) is 6.07 Å². The number of aryl methyl sites for hydroxylation is 1. The van der Waals surface area contributed by atoms with E-state index in [0.717, 1.165) is 24.0 Å². The van der Waals surface area contributed by atoms with Crippen LogP contribution in [0.1, 0.15) is 22.6 Å². The van der Waals surface area contributed by atoms with E-state index in [9.17, 15) is 4.79 Å². The van der Waals surface area contributed by atoms with Gasteiger partial charge in [0.15, 0.2) is 0 Å². The van der Waals surface area contributed by atoms with Gasteiger partial charge in [-0.1, -0.05) is 0 Å². The first-order valence-electron chi connectivity index (χ1n) is 3.79. The summed E-state index contributed by atoms with van der Waals surface area (Å²) in [6.45, 7) is 0. The molecule has 0 bridgehead atoms. The summed E-state index contributed by atoms with van der Waals surface area (Å²) in [5.41, 5.74) is 0. The van der Waals surface area contributed by atoms with Crippen LogP contribution in [0.15, 0.2) is 12.1 Å². The molecular formula is C9H9NOS. The predicted molar refractivity (Wildman–Crippen MR) is 48.0 cm³/mol. The van der Waals surface area contributed by atoms with Crippen LogP contribution in [0.25, 0.3) is 0 Å². The van der Waals surface area contributed by atoms with Gasteiger partial charge in [-0.15, -0.1) is 11.3 Å². The van der Waals surface area contributed by atoms with Gasteiger partial charge < -0.3 is 4.79 Å². The molecule has 0 aliphatic heterocycles. The van der Waals surface area contributed by atoms with Gasteiger partial charge in [-0.2, -0.15) is 5.26 Å². The fraction of sp³-hybridized carbons (Fsp3) is 0.333. The zero-order chi connectivity index (χ0) is 8.81. The molecule has 0 aliphatic carbocycles.